The van der Waals surface area contributed by atoms with Gasteiger partial charge in [0.25, 0.3) is 0 Å². The second-order valence-corrected chi connectivity index (χ2v) is 10.4. The van der Waals surface area contributed by atoms with E-state index in [4.69, 9.17) is 4.43 Å². The minimum atomic E-state index is -0.133. The van der Waals surface area contributed by atoms with Gasteiger partial charge < -0.3 is 4.43 Å². The van der Waals surface area contributed by atoms with Gasteiger partial charge in [0.2, 0.25) is 0 Å². The Kier molecular flexibility index (Phi) is 19.2. The molecule has 0 heterocycles. The Balaban J connectivity index is -0.000000362. The third-order valence-corrected chi connectivity index (χ3v) is 6.95. The molecule has 0 saturated heterocycles. The first-order valence-corrected chi connectivity index (χ1v) is 13.5. The number of rotatable bonds is 3. The molecule has 0 aromatic carbocycles. The van der Waals surface area contributed by atoms with Crippen molar-refractivity contribution in [1.29, 1.82) is 0 Å². The van der Waals surface area contributed by atoms with Crippen molar-refractivity contribution in [1.82, 2.24) is 0 Å². The van der Waals surface area contributed by atoms with Crippen LogP contribution in [0.3, 0.4) is 0 Å². The predicted molar refractivity (Wildman–Crippen MR) is 145 cm³/mol. The van der Waals surface area contributed by atoms with E-state index in [2.05, 4.69) is 108 Å². The van der Waals surface area contributed by atoms with Crippen LogP contribution in [0.15, 0.2) is 58.2 Å². The van der Waals surface area contributed by atoms with Crippen molar-refractivity contribution in [2.24, 2.45) is 10.8 Å². The molecule has 0 amide bonds. The Morgan fingerprint density at radius 3 is 1.22 bits per heavy atom. The molecular formula is C29H50OSiZr. The van der Waals surface area contributed by atoms with Crippen LogP contribution in [0.2, 0.25) is 6.55 Å². The van der Waals surface area contributed by atoms with Gasteiger partial charge in [0.15, 0.2) is 9.76 Å². The van der Waals surface area contributed by atoms with Crippen LogP contribution in [0, 0.1) is 23.0 Å². The summed E-state index contributed by atoms with van der Waals surface area (Å²) in [7, 11) is -0.133. The van der Waals surface area contributed by atoms with Gasteiger partial charge in [-0.25, -0.2) is 11.1 Å². The smallest absolute Gasteiger partial charge is 0.422 e. The molecule has 0 unspecified atom stereocenters. The van der Waals surface area contributed by atoms with Gasteiger partial charge in [0, 0.05) is 6.10 Å². The summed E-state index contributed by atoms with van der Waals surface area (Å²) in [5.74, 6) is 0. The van der Waals surface area contributed by atoms with Gasteiger partial charge in [-0.2, -0.15) is 22.3 Å². The van der Waals surface area contributed by atoms with Crippen LogP contribution in [0.5, 0.6) is 0 Å². The number of allylic oxidation sites excluding steroid dienone is 11. The molecule has 0 aromatic heterocycles. The number of hydrogen-bond acceptors (Lipinski definition) is 1. The summed E-state index contributed by atoms with van der Waals surface area (Å²) < 4.78 is 5.18. The second-order valence-electron chi connectivity index (χ2n) is 9.52. The third kappa shape index (κ3) is 13.3. The molecule has 0 bridgehead atoms. The van der Waals surface area contributed by atoms with Gasteiger partial charge in [0.05, 0.1) is 0 Å². The van der Waals surface area contributed by atoms with E-state index in [1.165, 1.54) is 33.4 Å². The Bertz CT molecular complexity index is 678. The van der Waals surface area contributed by atoms with E-state index in [0.717, 1.165) is 0 Å². The topological polar surface area (TPSA) is 9.23 Å². The SMILES string of the molecule is C=CC=CC.CC1=[C-]C(C)(C)C(C)=C1C.CC1=[C-]C(C)(C)C(C)=C1C.C[SiH2]OC(C)C.[Zr+2]. The molecule has 2 aliphatic carbocycles. The predicted octanol–water partition coefficient (Wildman–Crippen LogP) is 8.51. The quantitative estimate of drug-likeness (QED) is 0.201. The van der Waals surface area contributed by atoms with Gasteiger partial charge in [-0.3, -0.25) is 12.2 Å². The fourth-order valence-corrected chi connectivity index (χ4v) is 3.95. The summed E-state index contributed by atoms with van der Waals surface area (Å²) >= 11 is 0. The zero-order valence-corrected chi connectivity index (χ0v) is 27.5. The fraction of sp³-hybridized carbons (Fsp3) is 0.586. The molecule has 0 aliphatic heterocycles. The van der Waals surface area contributed by atoms with E-state index in [0.29, 0.717) is 6.10 Å². The van der Waals surface area contributed by atoms with Crippen molar-refractivity contribution < 1.29 is 30.6 Å². The van der Waals surface area contributed by atoms with E-state index in [1.807, 2.05) is 19.1 Å². The molecule has 0 radical (unpaired) electrons. The Morgan fingerprint density at radius 1 is 0.844 bits per heavy atom. The zero-order chi connectivity index (χ0) is 25.0. The average molecular weight is 534 g/mol. The summed E-state index contributed by atoms with van der Waals surface area (Å²) in [6.45, 7) is 33.5. The van der Waals surface area contributed by atoms with Crippen molar-refractivity contribution in [2.75, 3.05) is 0 Å². The van der Waals surface area contributed by atoms with Crippen molar-refractivity contribution >= 4 is 9.76 Å². The monoisotopic (exact) mass is 532 g/mol. The maximum absolute atomic E-state index is 5.18. The van der Waals surface area contributed by atoms with Gasteiger partial charge in [-0.1, -0.05) is 97.6 Å². The summed E-state index contributed by atoms with van der Waals surface area (Å²) in [6, 6.07) is 0. The maximum Gasteiger partial charge on any atom is 2.00 e. The van der Waals surface area contributed by atoms with Gasteiger partial charge in [-0.05, 0) is 20.8 Å². The molecule has 0 spiro atoms. The molecule has 0 atom stereocenters. The molecule has 180 valence electrons. The summed E-state index contributed by atoms with van der Waals surface area (Å²) in [5.41, 5.74) is 8.79. The molecular weight excluding hydrogens is 484 g/mol. The Morgan fingerprint density at radius 2 is 1.19 bits per heavy atom. The molecule has 2 aliphatic rings. The van der Waals surface area contributed by atoms with Crippen LogP contribution >= 0.6 is 0 Å². The maximum atomic E-state index is 5.18. The first-order chi connectivity index (χ1) is 14.1. The van der Waals surface area contributed by atoms with Crippen LogP contribution in [0.1, 0.15) is 90.0 Å². The molecule has 0 aromatic rings. The van der Waals surface area contributed by atoms with Crippen LogP contribution in [0.25, 0.3) is 0 Å². The second kappa shape index (κ2) is 17.0. The molecule has 32 heavy (non-hydrogen) atoms. The van der Waals surface area contributed by atoms with E-state index in [-0.39, 0.29) is 46.8 Å². The van der Waals surface area contributed by atoms with Gasteiger partial charge in [-0.15, -0.1) is 13.8 Å². The van der Waals surface area contributed by atoms with Gasteiger partial charge >= 0.3 is 26.2 Å². The minimum absolute atomic E-state index is 0. The van der Waals surface area contributed by atoms with Crippen LogP contribution in [-0.2, 0) is 30.6 Å². The standard InChI is InChI=1S/2C10H15.C5H8.C4H12OSi.Zr/c2*1-7-6-10(4,5)9(3)8(7)2;1-3-5-4-2;1-4(2)5-6-3;/h2*1-5H3;3-5H,1H2,2H3;4H,6H2,1-3H3;/q2*-1;;;+2. The molecule has 0 fully saturated rings. The molecule has 0 N–H and O–H groups in total. The first-order valence-electron chi connectivity index (χ1n) is 11.5. The van der Waals surface area contributed by atoms with Crippen molar-refractivity contribution in [3.05, 3.63) is 70.4 Å². The summed E-state index contributed by atoms with van der Waals surface area (Å²) in [5, 5.41) is 0. The van der Waals surface area contributed by atoms with Crippen LogP contribution in [-0.4, -0.2) is 15.9 Å². The van der Waals surface area contributed by atoms with Crippen molar-refractivity contribution in [3.8, 4) is 0 Å². The molecule has 2 rings (SSSR count). The molecule has 3 heteroatoms. The molecule has 1 nitrogen and oxygen atoms in total. The minimum Gasteiger partial charge on any atom is -0.422 e. The largest absolute Gasteiger partial charge is 2.00 e. The Hall–Kier alpha value is -0.500. The van der Waals surface area contributed by atoms with E-state index < -0.39 is 0 Å². The third-order valence-electron chi connectivity index (χ3n) is 5.95. The van der Waals surface area contributed by atoms with E-state index in [9.17, 15) is 0 Å². The van der Waals surface area contributed by atoms with Crippen LogP contribution in [0.4, 0.5) is 0 Å². The first kappa shape index (κ1) is 36.1. The molecule has 0 saturated carbocycles. The van der Waals surface area contributed by atoms with Gasteiger partial charge in [0.1, 0.15) is 0 Å². The average Bonchev–Trinajstić information content (AvgIpc) is 2.94. The zero-order valence-electron chi connectivity index (χ0n) is 23.6. The normalized spacial score (nSPS) is 18.3. The summed E-state index contributed by atoms with van der Waals surface area (Å²) in [6.07, 6.45) is 12.9. The van der Waals surface area contributed by atoms with Crippen molar-refractivity contribution in [2.45, 2.75) is 103 Å². The Labute approximate surface area is 223 Å². The van der Waals surface area contributed by atoms with E-state index in [1.54, 1.807) is 6.08 Å². The fourth-order valence-electron chi connectivity index (χ4n) is 3.28. The summed E-state index contributed by atoms with van der Waals surface area (Å²) in [4.78, 5) is 0. The van der Waals surface area contributed by atoms with Crippen molar-refractivity contribution in [3.63, 3.8) is 0 Å². The number of hydrogen-bond donors (Lipinski definition) is 0. The van der Waals surface area contributed by atoms with E-state index >= 15 is 0 Å². The van der Waals surface area contributed by atoms with Crippen LogP contribution < -0.4 is 0 Å².